The van der Waals surface area contributed by atoms with Gasteiger partial charge in [-0.25, -0.2) is 9.13 Å². The molecular weight excluding hydrogens is 1270 g/mol. The molecule has 0 aliphatic carbocycles. The second-order valence-electron chi connectivity index (χ2n) is 29.1. The van der Waals surface area contributed by atoms with E-state index >= 15 is 0 Å². The second-order valence-corrected chi connectivity index (χ2v) is 32.0. The van der Waals surface area contributed by atoms with Gasteiger partial charge in [0.25, 0.3) is 0 Å². The largest absolute Gasteiger partial charge is 0.472 e. The highest BCUT2D eigenvalue weighted by molar-refractivity contribution is 7.47. The van der Waals surface area contributed by atoms with Crippen LogP contribution in [0.4, 0.5) is 0 Å². The molecule has 7 atom stereocenters. The normalized spacial score (nSPS) is 14.6. The monoisotopic (exact) mass is 1420 g/mol. The van der Waals surface area contributed by atoms with Crippen molar-refractivity contribution in [2.45, 2.75) is 420 Å². The van der Waals surface area contributed by atoms with Crippen LogP contribution in [-0.2, 0) is 65.4 Å². The van der Waals surface area contributed by atoms with E-state index in [1.807, 2.05) is 0 Å². The van der Waals surface area contributed by atoms with Crippen molar-refractivity contribution in [3.05, 3.63) is 0 Å². The third-order valence-electron chi connectivity index (χ3n) is 18.9. The first-order valence-electron chi connectivity index (χ1n) is 40.4. The number of aliphatic hydroxyl groups is 1. The van der Waals surface area contributed by atoms with E-state index in [-0.39, 0.29) is 25.7 Å². The highest BCUT2D eigenvalue weighted by Gasteiger charge is 2.30. The Morgan fingerprint density at radius 3 is 0.784 bits per heavy atom. The average Bonchev–Trinajstić information content (AvgIpc) is 1.35. The standard InChI is InChI=1S/C78H152O17P2/c1-8-11-12-13-14-15-16-17-18-19-20-21-25-28-31-37-45-52-59-75(80)88-65-73(94-77(82)61-54-47-38-32-29-26-23-22-24-27-30-35-43-50-57-70(6)9-2)67-92-96(84,85)90-63-72(79)64-91-97(86,87)93-68-74(66-89-76(81)60-53-46-41-40-42-49-56-69(4)5)95-78(83)62-55-48-39-34-33-36-44-51-58-71(7)10-3/h69-74,79H,8-68H2,1-7H3,(H,84,85)(H,86,87)/t70?,71?,72-,73-,74-/m1/s1. The fourth-order valence-corrected chi connectivity index (χ4v) is 13.5. The molecule has 0 saturated heterocycles. The third kappa shape index (κ3) is 69.5. The predicted molar refractivity (Wildman–Crippen MR) is 395 cm³/mol. The Kier molecular flexibility index (Phi) is 67.1. The molecule has 19 heteroatoms. The molecule has 0 rings (SSSR count). The molecule has 0 aliphatic heterocycles. The van der Waals surface area contributed by atoms with Crippen LogP contribution in [0, 0.1) is 17.8 Å². The lowest BCUT2D eigenvalue weighted by molar-refractivity contribution is -0.161. The zero-order chi connectivity index (χ0) is 71.6. The minimum Gasteiger partial charge on any atom is -0.462 e. The van der Waals surface area contributed by atoms with Crippen LogP contribution in [-0.4, -0.2) is 96.7 Å². The lowest BCUT2D eigenvalue weighted by Gasteiger charge is -2.21. The van der Waals surface area contributed by atoms with E-state index in [2.05, 4.69) is 48.5 Å². The van der Waals surface area contributed by atoms with Gasteiger partial charge in [0.05, 0.1) is 26.4 Å². The van der Waals surface area contributed by atoms with Gasteiger partial charge < -0.3 is 33.8 Å². The zero-order valence-electron chi connectivity index (χ0n) is 63.5. The highest BCUT2D eigenvalue weighted by Crippen LogP contribution is 2.45. The Morgan fingerprint density at radius 1 is 0.299 bits per heavy atom. The van der Waals surface area contributed by atoms with Gasteiger partial charge in [0.1, 0.15) is 19.3 Å². The summed E-state index contributed by atoms with van der Waals surface area (Å²) in [6.07, 6.45) is 55.6. The van der Waals surface area contributed by atoms with Crippen LogP contribution in [0.3, 0.4) is 0 Å². The van der Waals surface area contributed by atoms with Gasteiger partial charge in [-0.1, -0.05) is 350 Å². The van der Waals surface area contributed by atoms with E-state index in [1.165, 1.54) is 205 Å². The van der Waals surface area contributed by atoms with Crippen molar-refractivity contribution in [1.29, 1.82) is 0 Å². The number of aliphatic hydroxyl groups excluding tert-OH is 1. The summed E-state index contributed by atoms with van der Waals surface area (Å²) in [5.74, 6) is 0.176. The van der Waals surface area contributed by atoms with Crippen molar-refractivity contribution in [3.8, 4) is 0 Å². The number of carbonyl (C=O) groups is 4. The fourth-order valence-electron chi connectivity index (χ4n) is 11.9. The quantitative estimate of drug-likeness (QED) is 0.0222. The number of phosphoric ester groups is 2. The molecule has 0 bridgehead atoms. The van der Waals surface area contributed by atoms with Gasteiger partial charge in [-0.2, -0.15) is 0 Å². The molecule has 4 unspecified atom stereocenters. The number of hydrogen-bond acceptors (Lipinski definition) is 15. The summed E-state index contributed by atoms with van der Waals surface area (Å²) >= 11 is 0. The van der Waals surface area contributed by atoms with Gasteiger partial charge in [0, 0.05) is 25.7 Å². The van der Waals surface area contributed by atoms with E-state index in [0.717, 1.165) is 108 Å². The summed E-state index contributed by atoms with van der Waals surface area (Å²) < 4.78 is 68.6. The van der Waals surface area contributed by atoms with E-state index in [0.29, 0.717) is 31.6 Å². The SMILES string of the molecule is CCCCCCCCCCCCCCCCCCCCC(=O)OC[C@H](COP(=O)(O)OC[C@@H](O)COP(=O)(O)OC[C@@H](COC(=O)CCCCCCCCC(C)C)OC(=O)CCCCCCCCCCC(C)CC)OC(=O)CCCCCCCCCCCCCCCCC(C)CC. The molecule has 17 nitrogen and oxygen atoms in total. The maximum Gasteiger partial charge on any atom is 0.472 e. The summed E-state index contributed by atoms with van der Waals surface area (Å²) in [4.78, 5) is 72.8. The van der Waals surface area contributed by atoms with Gasteiger partial charge in [-0.3, -0.25) is 37.3 Å². The number of hydrogen-bond donors (Lipinski definition) is 3. The molecule has 0 aromatic carbocycles. The first-order valence-corrected chi connectivity index (χ1v) is 43.4. The van der Waals surface area contributed by atoms with Gasteiger partial charge in [0.2, 0.25) is 0 Å². The third-order valence-corrected chi connectivity index (χ3v) is 20.8. The second kappa shape index (κ2) is 68.5. The number of carbonyl (C=O) groups excluding carboxylic acids is 4. The van der Waals surface area contributed by atoms with E-state index in [1.54, 1.807) is 0 Å². The fraction of sp³-hybridized carbons (Fsp3) is 0.949. The molecule has 0 saturated carbocycles. The van der Waals surface area contributed by atoms with E-state index < -0.39 is 97.5 Å². The lowest BCUT2D eigenvalue weighted by atomic mass is 9.99. The van der Waals surface area contributed by atoms with Crippen LogP contribution in [0.1, 0.15) is 402 Å². The van der Waals surface area contributed by atoms with Crippen molar-refractivity contribution in [2.24, 2.45) is 17.8 Å². The smallest absolute Gasteiger partial charge is 0.462 e. The number of unbranched alkanes of at least 4 members (excludes halogenated alkanes) is 42. The maximum absolute atomic E-state index is 13.1. The Labute approximate surface area is 594 Å². The van der Waals surface area contributed by atoms with Gasteiger partial charge in [0.15, 0.2) is 12.2 Å². The zero-order valence-corrected chi connectivity index (χ0v) is 65.3. The predicted octanol–water partition coefficient (Wildman–Crippen LogP) is 23.0. The molecule has 0 aromatic rings. The molecule has 97 heavy (non-hydrogen) atoms. The summed E-state index contributed by atoms with van der Waals surface area (Å²) in [6, 6.07) is 0. The Balaban J connectivity index is 5.23. The molecule has 0 fully saturated rings. The molecule has 0 aromatic heterocycles. The van der Waals surface area contributed by atoms with Crippen molar-refractivity contribution < 1.29 is 80.2 Å². The first kappa shape index (κ1) is 95.1. The minimum atomic E-state index is -4.96. The molecule has 0 radical (unpaired) electrons. The molecule has 576 valence electrons. The summed E-state index contributed by atoms with van der Waals surface area (Å²) in [5, 5.41) is 10.6. The molecule has 0 heterocycles. The summed E-state index contributed by atoms with van der Waals surface area (Å²) in [5.41, 5.74) is 0. The van der Waals surface area contributed by atoms with Crippen molar-refractivity contribution in [1.82, 2.24) is 0 Å². The van der Waals surface area contributed by atoms with E-state index in [9.17, 15) is 43.2 Å². The van der Waals surface area contributed by atoms with Crippen molar-refractivity contribution in [2.75, 3.05) is 39.6 Å². The van der Waals surface area contributed by atoms with Crippen LogP contribution in [0.2, 0.25) is 0 Å². The molecule has 0 amide bonds. The Bertz CT molecular complexity index is 1890. The first-order chi connectivity index (χ1) is 46.8. The van der Waals surface area contributed by atoms with Crippen LogP contribution in [0.15, 0.2) is 0 Å². The van der Waals surface area contributed by atoms with Crippen LogP contribution in [0.5, 0.6) is 0 Å². The Hall–Kier alpha value is -1.94. The number of rotatable bonds is 76. The summed E-state index contributed by atoms with van der Waals surface area (Å²) in [7, 11) is -9.91. The lowest BCUT2D eigenvalue weighted by Crippen LogP contribution is -2.30. The number of esters is 4. The van der Waals surface area contributed by atoms with Crippen molar-refractivity contribution in [3.63, 3.8) is 0 Å². The van der Waals surface area contributed by atoms with Gasteiger partial charge >= 0.3 is 39.5 Å². The molecule has 0 aliphatic rings. The maximum atomic E-state index is 13.1. The topological polar surface area (TPSA) is 237 Å². The molecular formula is C78H152O17P2. The highest BCUT2D eigenvalue weighted by atomic mass is 31.2. The Morgan fingerprint density at radius 2 is 0.526 bits per heavy atom. The van der Waals surface area contributed by atoms with Gasteiger partial charge in [-0.15, -0.1) is 0 Å². The van der Waals surface area contributed by atoms with Crippen LogP contribution >= 0.6 is 15.6 Å². The molecule has 3 N–H and O–H groups in total. The van der Waals surface area contributed by atoms with Crippen LogP contribution in [0.25, 0.3) is 0 Å². The van der Waals surface area contributed by atoms with Gasteiger partial charge in [-0.05, 0) is 43.4 Å². The minimum absolute atomic E-state index is 0.104. The molecule has 0 spiro atoms. The average molecular weight is 1420 g/mol. The van der Waals surface area contributed by atoms with Crippen LogP contribution < -0.4 is 0 Å². The summed E-state index contributed by atoms with van der Waals surface area (Å²) in [6.45, 7) is 11.9. The van der Waals surface area contributed by atoms with Crippen molar-refractivity contribution >= 4 is 39.5 Å². The number of ether oxygens (including phenoxy) is 4. The number of phosphoric acid groups is 2. The van der Waals surface area contributed by atoms with E-state index in [4.69, 9.17) is 37.0 Å².